The minimum atomic E-state index is -0.643. The molecule has 0 saturated heterocycles. The summed E-state index contributed by atoms with van der Waals surface area (Å²) >= 11 is 0. The van der Waals surface area contributed by atoms with Crippen LogP contribution in [0, 0.1) is 0 Å². The zero-order valence-corrected chi connectivity index (χ0v) is 19.6. The number of benzene rings is 2. The van der Waals surface area contributed by atoms with Crippen LogP contribution in [0.5, 0.6) is 5.75 Å². The van der Waals surface area contributed by atoms with Crippen LogP contribution in [0.1, 0.15) is 46.0 Å². The molecular weight excluding hydrogens is 418 g/mol. The van der Waals surface area contributed by atoms with Crippen molar-refractivity contribution in [3.05, 3.63) is 71.0 Å². The van der Waals surface area contributed by atoms with Gasteiger partial charge < -0.3 is 20.3 Å². The van der Waals surface area contributed by atoms with Gasteiger partial charge in [0.25, 0.3) is 11.8 Å². The molecule has 2 N–H and O–H groups in total. The lowest BCUT2D eigenvalue weighted by molar-refractivity contribution is 0.0972. The van der Waals surface area contributed by atoms with Crippen molar-refractivity contribution < 1.29 is 14.3 Å². The second kappa shape index (κ2) is 8.37. The number of carbonyl (C=O) groups is 2. The molecule has 0 unspecified atom stereocenters. The van der Waals surface area contributed by atoms with Crippen LogP contribution >= 0.6 is 0 Å². The number of primary amides is 1. The minimum absolute atomic E-state index is 0.136. The van der Waals surface area contributed by atoms with E-state index in [9.17, 15) is 9.59 Å². The Balaban J connectivity index is 1.74. The van der Waals surface area contributed by atoms with E-state index in [0.29, 0.717) is 35.7 Å². The van der Waals surface area contributed by atoms with Crippen molar-refractivity contribution in [2.24, 2.45) is 5.73 Å². The van der Waals surface area contributed by atoms with E-state index >= 15 is 0 Å². The van der Waals surface area contributed by atoms with Gasteiger partial charge in [-0.3, -0.25) is 9.59 Å². The van der Waals surface area contributed by atoms with Crippen LogP contribution in [0.3, 0.4) is 0 Å². The van der Waals surface area contributed by atoms with E-state index < -0.39 is 5.91 Å². The fraction of sp³-hybridized carbons (Fsp3) is 0.320. The first kappa shape index (κ1) is 22.5. The number of fused-ring (bicyclic) bond motifs is 1. The number of hydrogen-bond acceptors (Lipinski definition) is 5. The van der Waals surface area contributed by atoms with Crippen molar-refractivity contribution in [2.75, 3.05) is 32.6 Å². The molecule has 3 aromatic rings. The van der Waals surface area contributed by atoms with Crippen molar-refractivity contribution in [3.63, 3.8) is 0 Å². The molecule has 1 aromatic heterocycles. The molecule has 1 aliphatic heterocycles. The smallest absolute Gasteiger partial charge is 0.277 e. The van der Waals surface area contributed by atoms with E-state index in [4.69, 9.17) is 10.5 Å². The third-order valence-corrected chi connectivity index (χ3v) is 6.57. The Bertz CT molecular complexity index is 1190. The largest absolute Gasteiger partial charge is 0.497 e. The van der Waals surface area contributed by atoms with E-state index in [-0.39, 0.29) is 17.1 Å². The molecule has 0 atom stereocenters. The van der Waals surface area contributed by atoms with E-state index in [1.54, 1.807) is 36.3 Å². The van der Waals surface area contributed by atoms with Crippen LogP contribution in [0.25, 0.3) is 5.69 Å². The van der Waals surface area contributed by atoms with Gasteiger partial charge in [-0.05, 0) is 76.3 Å². The standard InChI is InChI=1S/C25H29N5O3/c1-25(2,28(3)4)16-6-8-17(9-7-16)29-15-14-20-21(23(26)31)27-30(22(20)24(29)32)18-10-12-19(33-5)13-11-18/h6-13H,14-15H2,1-5H3,(H2,26,31). The van der Waals surface area contributed by atoms with Crippen LogP contribution in [0.15, 0.2) is 48.5 Å². The van der Waals surface area contributed by atoms with Gasteiger partial charge in [0.05, 0.1) is 12.8 Å². The number of nitrogens with two attached hydrogens (primary N) is 1. The molecule has 8 nitrogen and oxygen atoms in total. The molecule has 2 heterocycles. The maximum Gasteiger partial charge on any atom is 0.277 e. The summed E-state index contributed by atoms with van der Waals surface area (Å²) in [6, 6.07) is 15.2. The molecule has 0 aliphatic carbocycles. The monoisotopic (exact) mass is 447 g/mol. The number of anilines is 1. The number of nitrogens with zero attached hydrogens (tertiary/aromatic N) is 4. The van der Waals surface area contributed by atoms with Gasteiger partial charge in [0, 0.05) is 23.3 Å². The molecule has 2 amide bonds. The van der Waals surface area contributed by atoms with Crippen molar-refractivity contribution in [1.82, 2.24) is 14.7 Å². The Kier molecular flexibility index (Phi) is 5.71. The molecule has 1 aliphatic rings. The van der Waals surface area contributed by atoms with Gasteiger partial charge in [-0.15, -0.1) is 0 Å². The predicted octanol–water partition coefficient (Wildman–Crippen LogP) is 2.98. The fourth-order valence-electron chi connectivity index (χ4n) is 4.02. The lowest BCUT2D eigenvalue weighted by Crippen LogP contribution is -2.39. The first-order valence-electron chi connectivity index (χ1n) is 10.8. The number of rotatable bonds is 6. The number of amides is 2. The Morgan fingerprint density at radius 1 is 1.06 bits per heavy atom. The van der Waals surface area contributed by atoms with Gasteiger partial charge >= 0.3 is 0 Å². The number of carbonyl (C=O) groups excluding carboxylic acids is 2. The summed E-state index contributed by atoms with van der Waals surface area (Å²) in [7, 11) is 5.67. The molecule has 2 aromatic carbocycles. The highest BCUT2D eigenvalue weighted by molar-refractivity contribution is 6.09. The van der Waals surface area contributed by atoms with Gasteiger partial charge in [0.1, 0.15) is 11.4 Å². The third kappa shape index (κ3) is 3.87. The lowest BCUT2D eigenvalue weighted by Gasteiger charge is -2.34. The van der Waals surface area contributed by atoms with Crippen LogP contribution in [0.4, 0.5) is 5.69 Å². The molecule has 8 heteroatoms. The molecule has 0 spiro atoms. The van der Waals surface area contributed by atoms with E-state index in [0.717, 1.165) is 11.3 Å². The summed E-state index contributed by atoms with van der Waals surface area (Å²) in [5.41, 5.74) is 9.13. The second-order valence-electron chi connectivity index (χ2n) is 8.86. The molecule has 0 bridgehead atoms. The average molecular weight is 448 g/mol. The van der Waals surface area contributed by atoms with Crippen LogP contribution in [-0.2, 0) is 12.0 Å². The summed E-state index contributed by atoms with van der Waals surface area (Å²) < 4.78 is 6.73. The first-order valence-corrected chi connectivity index (χ1v) is 10.8. The summed E-state index contributed by atoms with van der Waals surface area (Å²) in [5.74, 6) is -0.176. The van der Waals surface area contributed by atoms with Crippen LogP contribution in [-0.4, -0.2) is 54.2 Å². The Morgan fingerprint density at radius 2 is 1.67 bits per heavy atom. The normalized spacial score (nSPS) is 13.9. The number of hydrogen-bond donors (Lipinski definition) is 1. The van der Waals surface area contributed by atoms with Gasteiger partial charge in [-0.2, -0.15) is 5.10 Å². The predicted molar refractivity (Wildman–Crippen MR) is 127 cm³/mol. The van der Waals surface area contributed by atoms with Gasteiger partial charge in [0.15, 0.2) is 5.69 Å². The van der Waals surface area contributed by atoms with E-state index in [2.05, 4.69) is 23.8 Å². The van der Waals surface area contributed by atoms with Crippen LogP contribution in [0.2, 0.25) is 0 Å². The maximum atomic E-state index is 13.6. The highest BCUT2D eigenvalue weighted by Crippen LogP contribution is 2.31. The summed E-state index contributed by atoms with van der Waals surface area (Å²) in [6.07, 6.45) is 0.487. The number of methoxy groups -OCH3 is 1. The highest BCUT2D eigenvalue weighted by atomic mass is 16.5. The summed E-state index contributed by atoms with van der Waals surface area (Å²) in [6.45, 7) is 4.75. The van der Waals surface area contributed by atoms with Gasteiger partial charge in [0.2, 0.25) is 0 Å². The molecular formula is C25H29N5O3. The third-order valence-electron chi connectivity index (χ3n) is 6.57. The molecule has 172 valence electrons. The Hall–Kier alpha value is -3.65. The van der Waals surface area contributed by atoms with Crippen molar-refractivity contribution in [2.45, 2.75) is 25.8 Å². The minimum Gasteiger partial charge on any atom is -0.497 e. The topological polar surface area (TPSA) is 93.7 Å². The first-order chi connectivity index (χ1) is 15.6. The molecule has 0 fully saturated rings. The second-order valence-corrected chi connectivity index (χ2v) is 8.86. The zero-order chi connectivity index (χ0) is 23.9. The highest BCUT2D eigenvalue weighted by Gasteiger charge is 2.34. The molecule has 0 saturated carbocycles. The fourth-order valence-corrected chi connectivity index (χ4v) is 4.02. The van der Waals surface area contributed by atoms with Crippen molar-refractivity contribution in [3.8, 4) is 11.4 Å². The van der Waals surface area contributed by atoms with Gasteiger partial charge in [-0.1, -0.05) is 12.1 Å². The Labute approximate surface area is 193 Å². The van der Waals surface area contributed by atoms with E-state index in [1.165, 1.54) is 4.68 Å². The molecule has 33 heavy (non-hydrogen) atoms. The number of aromatic nitrogens is 2. The van der Waals surface area contributed by atoms with E-state index in [1.807, 2.05) is 38.4 Å². The zero-order valence-electron chi connectivity index (χ0n) is 19.6. The summed E-state index contributed by atoms with van der Waals surface area (Å²) in [5, 5.41) is 4.41. The van der Waals surface area contributed by atoms with Gasteiger partial charge in [-0.25, -0.2) is 4.68 Å². The SMILES string of the molecule is COc1ccc(-n2nc(C(N)=O)c3c2C(=O)N(c2ccc(C(C)(C)N(C)C)cc2)CC3)cc1. The molecule has 0 radical (unpaired) electrons. The van der Waals surface area contributed by atoms with Crippen molar-refractivity contribution >= 4 is 17.5 Å². The Morgan fingerprint density at radius 3 is 2.21 bits per heavy atom. The molecule has 4 rings (SSSR count). The lowest BCUT2D eigenvalue weighted by atomic mass is 9.92. The number of ether oxygens (including phenoxy) is 1. The maximum absolute atomic E-state index is 13.6. The van der Waals surface area contributed by atoms with Crippen molar-refractivity contribution in [1.29, 1.82) is 0 Å². The average Bonchev–Trinajstić information content (AvgIpc) is 3.20. The summed E-state index contributed by atoms with van der Waals surface area (Å²) in [4.78, 5) is 29.6. The quantitative estimate of drug-likeness (QED) is 0.627. The van der Waals surface area contributed by atoms with Crippen LogP contribution < -0.4 is 15.4 Å².